The molecule has 0 saturated heterocycles. The van der Waals surface area contributed by atoms with Crippen LogP contribution in [0.25, 0.3) is 110 Å². The number of rotatable bonds is 5. The highest BCUT2D eigenvalue weighted by molar-refractivity contribution is 6.26. The molecule has 0 bridgehead atoms. The third-order valence-electron chi connectivity index (χ3n) is 11.7. The van der Waals surface area contributed by atoms with E-state index >= 15 is 0 Å². The van der Waals surface area contributed by atoms with Crippen molar-refractivity contribution < 1.29 is 8.83 Å². The molecule has 11 aromatic rings. The first-order valence-electron chi connectivity index (χ1n) is 19.0. The van der Waals surface area contributed by atoms with Crippen molar-refractivity contribution in [3.8, 4) is 33.4 Å². The molecule has 11 rings (SSSR count). The molecule has 0 aliphatic rings. The van der Waals surface area contributed by atoms with E-state index in [1.807, 2.05) is 0 Å². The van der Waals surface area contributed by atoms with E-state index in [1.165, 1.54) is 71.3 Å². The van der Waals surface area contributed by atoms with Crippen LogP contribution in [0.2, 0.25) is 0 Å². The van der Waals surface area contributed by atoms with E-state index in [2.05, 4.69) is 172 Å². The van der Waals surface area contributed by atoms with Crippen molar-refractivity contribution in [1.82, 2.24) is 0 Å². The zero-order valence-electron chi connectivity index (χ0n) is 30.2. The van der Waals surface area contributed by atoms with Crippen LogP contribution in [0.1, 0.15) is 25.0 Å². The fraction of sp³-hybridized carbons (Fsp3) is 0.0769. The minimum Gasteiger partial charge on any atom is -0.452 e. The molecule has 2 aromatic heterocycles. The van der Waals surface area contributed by atoms with Crippen molar-refractivity contribution in [1.29, 1.82) is 0 Å². The van der Waals surface area contributed by atoms with Gasteiger partial charge >= 0.3 is 0 Å². The molecular weight excluding hydrogens is 657 g/mol. The lowest BCUT2D eigenvalue weighted by Gasteiger charge is -2.14. The van der Waals surface area contributed by atoms with Crippen LogP contribution in [-0.4, -0.2) is 0 Å². The van der Waals surface area contributed by atoms with Gasteiger partial charge in [-0.1, -0.05) is 129 Å². The van der Waals surface area contributed by atoms with Crippen molar-refractivity contribution in [3.05, 3.63) is 169 Å². The Labute approximate surface area is 312 Å². The Bertz CT molecular complexity index is 3260. The van der Waals surface area contributed by atoms with Crippen molar-refractivity contribution in [2.24, 2.45) is 0 Å². The Kier molecular flexibility index (Phi) is 6.84. The van der Waals surface area contributed by atoms with E-state index in [9.17, 15) is 0 Å². The maximum absolute atomic E-state index is 6.59. The van der Waals surface area contributed by atoms with Crippen molar-refractivity contribution in [2.75, 3.05) is 0 Å². The van der Waals surface area contributed by atoms with Crippen LogP contribution in [0.15, 0.2) is 167 Å². The maximum atomic E-state index is 6.59. The van der Waals surface area contributed by atoms with Gasteiger partial charge in [0.2, 0.25) is 0 Å². The van der Waals surface area contributed by atoms with Gasteiger partial charge in [-0.25, -0.2) is 0 Å². The first kappa shape index (κ1) is 30.9. The summed E-state index contributed by atoms with van der Waals surface area (Å²) in [7, 11) is 0. The summed E-state index contributed by atoms with van der Waals surface area (Å²) < 4.78 is 13.2. The highest BCUT2D eigenvalue weighted by Gasteiger charge is 2.18. The highest BCUT2D eigenvalue weighted by atomic mass is 16.4. The van der Waals surface area contributed by atoms with Crippen LogP contribution in [0.3, 0.4) is 0 Å². The largest absolute Gasteiger partial charge is 0.452 e. The molecule has 256 valence electrons. The summed E-state index contributed by atoms with van der Waals surface area (Å²) >= 11 is 0. The van der Waals surface area contributed by atoms with Gasteiger partial charge in [0.25, 0.3) is 0 Å². The summed E-state index contributed by atoms with van der Waals surface area (Å²) in [6.07, 6.45) is 1.99. The first-order valence-corrected chi connectivity index (χ1v) is 19.0. The number of hydrogen-bond acceptors (Lipinski definition) is 2. The third-order valence-corrected chi connectivity index (χ3v) is 11.7. The van der Waals surface area contributed by atoms with Crippen LogP contribution < -0.4 is 0 Å². The summed E-state index contributed by atoms with van der Waals surface area (Å²) in [5.41, 5.74) is 13.5. The number of aryl methyl sites for hydroxylation is 2. The van der Waals surface area contributed by atoms with Gasteiger partial charge in [0.15, 0.2) is 11.2 Å². The molecule has 54 heavy (non-hydrogen) atoms. The van der Waals surface area contributed by atoms with E-state index < -0.39 is 0 Å². The van der Waals surface area contributed by atoms with Crippen molar-refractivity contribution in [3.63, 3.8) is 0 Å². The molecule has 0 radical (unpaired) electrons. The minimum absolute atomic E-state index is 0.792. The van der Waals surface area contributed by atoms with Gasteiger partial charge < -0.3 is 8.83 Å². The molecule has 0 N–H and O–H groups in total. The molecule has 0 unspecified atom stereocenters. The van der Waals surface area contributed by atoms with Gasteiger partial charge in [-0.2, -0.15) is 0 Å². The van der Waals surface area contributed by atoms with E-state index in [1.54, 1.807) is 0 Å². The fourth-order valence-corrected chi connectivity index (χ4v) is 8.93. The van der Waals surface area contributed by atoms with Gasteiger partial charge in [-0.05, 0) is 132 Å². The van der Waals surface area contributed by atoms with Crippen molar-refractivity contribution in [2.45, 2.75) is 26.7 Å². The molecule has 9 aromatic carbocycles. The predicted molar refractivity (Wildman–Crippen MR) is 229 cm³/mol. The second-order valence-corrected chi connectivity index (χ2v) is 14.5. The normalized spacial score (nSPS) is 12.0. The molecule has 2 nitrogen and oxygen atoms in total. The van der Waals surface area contributed by atoms with E-state index in [0.29, 0.717) is 0 Å². The van der Waals surface area contributed by atoms with Crippen LogP contribution in [0, 0.1) is 0 Å². The average Bonchev–Trinajstić information content (AvgIpc) is 3.81. The van der Waals surface area contributed by atoms with E-state index in [-0.39, 0.29) is 0 Å². The third kappa shape index (κ3) is 4.60. The lowest BCUT2D eigenvalue weighted by atomic mass is 9.90. The topological polar surface area (TPSA) is 26.3 Å². The molecule has 0 amide bonds. The molecule has 2 heteroatoms. The SMILES string of the molecule is CCc1ccccc1-c1ccc(-c2ccc3oc4c(ccc5c6cc(-c7ccc8c9ccccc9c9ccccc9c8c7)ccc6oc54)c3c2)cc1CC. The summed E-state index contributed by atoms with van der Waals surface area (Å²) in [4.78, 5) is 0. The van der Waals surface area contributed by atoms with E-state index in [4.69, 9.17) is 8.83 Å². The molecule has 0 spiro atoms. The fourth-order valence-electron chi connectivity index (χ4n) is 8.93. The van der Waals surface area contributed by atoms with Gasteiger partial charge in [0.1, 0.15) is 11.2 Å². The second kappa shape index (κ2) is 11.9. The minimum atomic E-state index is 0.792. The summed E-state index contributed by atoms with van der Waals surface area (Å²) in [5, 5.41) is 12.0. The molecular formula is C52H36O2. The zero-order chi connectivity index (χ0) is 35.9. The Morgan fingerprint density at radius 3 is 1.30 bits per heavy atom. The monoisotopic (exact) mass is 692 g/mol. The van der Waals surface area contributed by atoms with Crippen LogP contribution in [0.5, 0.6) is 0 Å². The molecule has 0 aliphatic heterocycles. The standard InChI is InChI=1S/C52H36O2/c1-3-31-11-5-6-12-37(31)38-21-17-33(27-32(38)4-2)35-19-25-49-47(29-35)44-23-24-45-48-30-36(20-26-50(48)54-52(45)51(44)53-49)34-18-22-43-41-15-8-7-13-39(41)40-14-9-10-16-42(40)46(43)28-34/h5-30H,3-4H2,1-2H3. The number of hydrogen-bond donors (Lipinski definition) is 0. The van der Waals surface area contributed by atoms with Crippen LogP contribution in [-0.2, 0) is 12.8 Å². The molecule has 0 fully saturated rings. The van der Waals surface area contributed by atoms with Gasteiger partial charge in [-0.3, -0.25) is 0 Å². The summed E-state index contributed by atoms with van der Waals surface area (Å²) in [5.74, 6) is 0. The maximum Gasteiger partial charge on any atom is 0.178 e. The lowest BCUT2D eigenvalue weighted by molar-refractivity contribution is 0.633. The molecule has 0 saturated carbocycles. The smallest absolute Gasteiger partial charge is 0.178 e. The Balaban J connectivity index is 1.01. The Hall–Kier alpha value is -6.64. The molecule has 2 heterocycles. The predicted octanol–water partition coefficient (Wildman–Crippen LogP) is 15.1. The van der Waals surface area contributed by atoms with Crippen molar-refractivity contribution >= 4 is 76.2 Å². The molecule has 0 atom stereocenters. The summed E-state index contributed by atoms with van der Waals surface area (Å²) in [6.45, 7) is 4.48. The number of benzene rings is 9. The van der Waals surface area contributed by atoms with E-state index in [0.717, 1.165) is 62.3 Å². The zero-order valence-corrected chi connectivity index (χ0v) is 30.2. The van der Waals surface area contributed by atoms with Crippen LogP contribution in [0.4, 0.5) is 0 Å². The first-order chi connectivity index (χ1) is 26.7. The second-order valence-electron chi connectivity index (χ2n) is 14.5. The quantitative estimate of drug-likeness (QED) is 0.168. The molecule has 0 aliphatic carbocycles. The Morgan fingerprint density at radius 1 is 0.315 bits per heavy atom. The van der Waals surface area contributed by atoms with Gasteiger partial charge in [0, 0.05) is 21.5 Å². The average molecular weight is 693 g/mol. The summed E-state index contributed by atoms with van der Waals surface area (Å²) in [6, 6.07) is 57.6. The van der Waals surface area contributed by atoms with Gasteiger partial charge in [0.05, 0.1) is 0 Å². The lowest BCUT2D eigenvalue weighted by Crippen LogP contribution is -1.93. The van der Waals surface area contributed by atoms with Crippen LogP contribution >= 0.6 is 0 Å². The number of furan rings is 2. The van der Waals surface area contributed by atoms with Gasteiger partial charge in [-0.15, -0.1) is 0 Å². The number of fused-ring (bicyclic) bond motifs is 13. The Morgan fingerprint density at radius 2 is 0.722 bits per heavy atom. The highest BCUT2D eigenvalue weighted by Crippen LogP contribution is 2.42.